The molecule has 0 heterocycles. The lowest BCUT2D eigenvalue weighted by Crippen LogP contribution is -2.36. The van der Waals surface area contributed by atoms with Crippen LogP contribution in [0.5, 0.6) is 0 Å². The zero-order valence-corrected chi connectivity index (χ0v) is 20.9. The van der Waals surface area contributed by atoms with E-state index in [1.165, 1.54) is 42.4 Å². The summed E-state index contributed by atoms with van der Waals surface area (Å²) in [4.78, 5) is 15.4. The lowest BCUT2D eigenvalue weighted by atomic mass is 10.0. The molecule has 0 aliphatic carbocycles. The Bertz CT molecular complexity index is 965. The van der Waals surface area contributed by atoms with E-state index in [9.17, 15) is 4.79 Å². The highest BCUT2D eigenvalue weighted by molar-refractivity contribution is 5.94. The van der Waals surface area contributed by atoms with Gasteiger partial charge >= 0.3 is 0 Å². The van der Waals surface area contributed by atoms with Crippen LogP contribution < -0.4 is 5.32 Å². The minimum absolute atomic E-state index is 0.101. The van der Waals surface area contributed by atoms with Crippen molar-refractivity contribution in [1.82, 2.24) is 10.2 Å². The first-order valence-electron chi connectivity index (χ1n) is 12.9. The molecule has 180 valence electrons. The van der Waals surface area contributed by atoms with Crippen LogP contribution in [-0.2, 0) is 13.0 Å². The molecule has 0 aliphatic heterocycles. The highest BCUT2D eigenvalue weighted by atomic mass is 16.2. The molecule has 3 rings (SSSR count). The van der Waals surface area contributed by atoms with E-state index in [1.54, 1.807) is 0 Å². The number of hydrogen-bond acceptors (Lipinski definition) is 2. The van der Waals surface area contributed by atoms with Gasteiger partial charge in [0.05, 0.1) is 0 Å². The Balaban J connectivity index is 1.68. The highest BCUT2D eigenvalue weighted by Gasteiger charge is 2.16. The fourth-order valence-corrected chi connectivity index (χ4v) is 4.12. The minimum atomic E-state index is 0.101. The van der Waals surface area contributed by atoms with Crippen LogP contribution in [-0.4, -0.2) is 30.4 Å². The van der Waals surface area contributed by atoms with Gasteiger partial charge in [-0.2, -0.15) is 0 Å². The van der Waals surface area contributed by atoms with Crippen molar-refractivity contribution in [2.24, 2.45) is 0 Å². The van der Waals surface area contributed by atoms with Crippen molar-refractivity contribution in [3.05, 3.63) is 95.6 Å². The molecular formula is C31H40N2O. The number of unbranched alkanes of at least 4 members (excludes halogenated alkanes) is 3. The molecule has 0 fully saturated rings. The molecule has 0 unspecified atom stereocenters. The second-order valence-corrected chi connectivity index (χ2v) is 9.05. The van der Waals surface area contributed by atoms with Crippen molar-refractivity contribution in [1.29, 1.82) is 0 Å². The van der Waals surface area contributed by atoms with Gasteiger partial charge in [0.1, 0.15) is 0 Å². The van der Waals surface area contributed by atoms with Gasteiger partial charge in [0.15, 0.2) is 0 Å². The molecule has 3 heteroatoms. The van der Waals surface area contributed by atoms with E-state index in [0.29, 0.717) is 13.1 Å². The summed E-state index contributed by atoms with van der Waals surface area (Å²) in [6, 6.07) is 27.2. The average molecular weight is 457 g/mol. The Labute approximate surface area is 206 Å². The van der Waals surface area contributed by atoms with E-state index < -0.39 is 0 Å². The van der Waals surface area contributed by atoms with Gasteiger partial charge in [-0.15, -0.1) is 0 Å². The molecule has 0 saturated carbocycles. The molecule has 1 amide bonds. The largest absolute Gasteiger partial charge is 0.333 e. The fraction of sp³-hybridized carbons (Fsp3) is 0.387. The SMILES string of the molecule is CCCCCc1ccc(C(=O)N(CCNCCCC)Cc2ccc(-c3ccccc3)cc2)cc1. The Morgan fingerprint density at radius 1 is 0.706 bits per heavy atom. The second kappa shape index (κ2) is 14.4. The molecule has 3 nitrogen and oxygen atoms in total. The predicted octanol–water partition coefficient (Wildman–Crippen LogP) is 7.12. The third-order valence-corrected chi connectivity index (χ3v) is 6.26. The number of hydrogen-bond donors (Lipinski definition) is 1. The van der Waals surface area contributed by atoms with E-state index in [4.69, 9.17) is 0 Å². The molecule has 3 aromatic rings. The van der Waals surface area contributed by atoms with Gasteiger partial charge in [0, 0.05) is 25.2 Å². The third-order valence-electron chi connectivity index (χ3n) is 6.26. The van der Waals surface area contributed by atoms with Crippen molar-refractivity contribution in [2.75, 3.05) is 19.6 Å². The van der Waals surface area contributed by atoms with Gasteiger partial charge < -0.3 is 10.2 Å². The fourth-order valence-electron chi connectivity index (χ4n) is 4.12. The average Bonchev–Trinajstić information content (AvgIpc) is 2.89. The van der Waals surface area contributed by atoms with Gasteiger partial charge in [0.25, 0.3) is 5.91 Å². The molecule has 3 aromatic carbocycles. The van der Waals surface area contributed by atoms with Crippen molar-refractivity contribution in [3.63, 3.8) is 0 Å². The molecule has 0 bridgehead atoms. The van der Waals surface area contributed by atoms with Gasteiger partial charge in [-0.25, -0.2) is 0 Å². The van der Waals surface area contributed by atoms with Gasteiger partial charge in [-0.1, -0.05) is 99.8 Å². The first-order valence-corrected chi connectivity index (χ1v) is 12.9. The molecule has 0 aliphatic rings. The summed E-state index contributed by atoms with van der Waals surface area (Å²) < 4.78 is 0. The Morgan fingerprint density at radius 2 is 1.35 bits per heavy atom. The molecule has 0 aromatic heterocycles. The van der Waals surface area contributed by atoms with Crippen LogP contribution >= 0.6 is 0 Å². The number of amides is 1. The topological polar surface area (TPSA) is 32.3 Å². The lowest BCUT2D eigenvalue weighted by Gasteiger charge is -2.24. The zero-order chi connectivity index (χ0) is 24.0. The lowest BCUT2D eigenvalue weighted by molar-refractivity contribution is 0.0744. The van der Waals surface area contributed by atoms with E-state index in [0.717, 1.165) is 37.1 Å². The maximum absolute atomic E-state index is 13.4. The predicted molar refractivity (Wildman–Crippen MR) is 144 cm³/mol. The molecule has 1 N–H and O–H groups in total. The van der Waals surface area contributed by atoms with Crippen LogP contribution in [0, 0.1) is 0 Å². The number of benzene rings is 3. The molecule has 0 radical (unpaired) electrons. The van der Waals surface area contributed by atoms with Gasteiger partial charge in [0.2, 0.25) is 0 Å². The molecular weight excluding hydrogens is 416 g/mol. The summed E-state index contributed by atoms with van der Waals surface area (Å²) in [5.41, 5.74) is 5.64. The summed E-state index contributed by atoms with van der Waals surface area (Å²) in [7, 11) is 0. The summed E-state index contributed by atoms with van der Waals surface area (Å²) >= 11 is 0. The number of carbonyl (C=O) groups is 1. The van der Waals surface area contributed by atoms with Crippen molar-refractivity contribution >= 4 is 5.91 Å². The summed E-state index contributed by atoms with van der Waals surface area (Å²) in [5, 5.41) is 3.48. The van der Waals surface area contributed by atoms with Crippen LogP contribution in [0.2, 0.25) is 0 Å². The molecule has 0 spiro atoms. The summed E-state index contributed by atoms with van der Waals surface area (Å²) in [5.74, 6) is 0.101. The quantitative estimate of drug-likeness (QED) is 0.262. The Hall–Kier alpha value is -2.91. The standard InChI is InChI=1S/C31H40N2O/c1-3-5-8-11-26-14-20-30(21-15-26)31(34)33(24-23-32-22-6-4-2)25-27-16-18-29(19-17-27)28-12-9-7-10-13-28/h7,9-10,12-21,32H,3-6,8,11,22-25H2,1-2H3. The maximum Gasteiger partial charge on any atom is 0.254 e. The van der Waals surface area contributed by atoms with Crippen LogP contribution in [0.15, 0.2) is 78.9 Å². The van der Waals surface area contributed by atoms with Gasteiger partial charge in [-0.3, -0.25) is 4.79 Å². The number of nitrogens with zero attached hydrogens (tertiary/aromatic N) is 1. The molecule has 0 saturated heterocycles. The number of carbonyl (C=O) groups excluding carboxylic acids is 1. The van der Waals surface area contributed by atoms with Crippen LogP contribution in [0.1, 0.15) is 67.4 Å². The third kappa shape index (κ3) is 8.14. The smallest absolute Gasteiger partial charge is 0.254 e. The van der Waals surface area contributed by atoms with Crippen LogP contribution in [0.3, 0.4) is 0 Å². The summed E-state index contributed by atoms with van der Waals surface area (Å²) in [6.45, 7) is 7.54. The Kier molecular flexibility index (Phi) is 10.9. The van der Waals surface area contributed by atoms with Crippen molar-refractivity contribution in [3.8, 4) is 11.1 Å². The number of aryl methyl sites for hydroxylation is 1. The van der Waals surface area contributed by atoms with Crippen LogP contribution in [0.25, 0.3) is 11.1 Å². The van der Waals surface area contributed by atoms with E-state index in [-0.39, 0.29) is 5.91 Å². The zero-order valence-electron chi connectivity index (χ0n) is 20.9. The minimum Gasteiger partial charge on any atom is -0.333 e. The van der Waals surface area contributed by atoms with Crippen LogP contribution in [0.4, 0.5) is 0 Å². The number of rotatable bonds is 14. The first kappa shape index (κ1) is 25.7. The van der Waals surface area contributed by atoms with E-state index in [1.807, 2.05) is 23.1 Å². The Morgan fingerprint density at radius 3 is 2.03 bits per heavy atom. The first-order chi connectivity index (χ1) is 16.7. The second-order valence-electron chi connectivity index (χ2n) is 9.05. The monoisotopic (exact) mass is 456 g/mol. The van der Waals surface area contributed by atoms with E-state index in [2.05, 4.69) is 79.8 Å². The van der Waals surface area contributed by atoms with Gasteiger partial charge in [-0.05, 0) is 60.2 Å². The van der Waals surface area contributed by atoms with Crippen molar-refractivity contribution < 1.29 is 4.79 Å². The highest BCUT2D eigenvalue weighted by Crippen LogP contribution is 2.20. The number of nitrogens with one attached hydrogen (secondary N) is 1. The maximum atomic E-state index is 13.4. The molecule has 34 heavy (non-hydrogen) atoms. The summed E-state index contributed by atoms with van der Waals surface area (Å²) in [6.07, 6.45) is 7.11. The molecule has 0 atom stereocenters. The van der Waals surface area contributed by atoms with Crippen molar-refractivity contribution in [2.45, 2.75) is 58.9 Å². The van der Waals surface area contributed by atoms with E-state index >= 15 is 0 Å². The normalized spacial score (nSPS) is 10.9.